The average molecular weight is 256 g/mol. The topological polar surface area (TPSA) is 79.5 Å². The summed E-state index contributed by atoms with van der Waals surface area (Å²) in [6.07, 6.45) is 3.56. The SMILES string of the molecule is NS(=O)(=O)N1CCN(Cc2cccnc2)CC1. The molecule has 0 bridgehead atoms. The number of hydrogen-bond donors (Lipinski definition) is 1. The van der Waals surface area contributed by atoms with Crippen LogP contribution in [0.5, 0.6) is 0 Å². The molecule has 1 saturated heterocycles. The monoisotopic (exact) mass is 256 g/mol. The van der Waals surface area contributed by atoms with Gasteiger partial charge in [-0.2, -0.15) is 12.7 Å². The molecule has 1 aromatic heterocycles. The Bertz CT molecular complexity index is 454. The van der Waals surface area contributed by atoms with Crippen molar-refractivity contribution in [1.29, 1.82) is 0 Å². The minimum absolute atomic E-state index is 0.457. The van der Waals surface area contributed by atoms with Gasteiger partial charge in [-0.05, 0) is 11.6 Å². The van der Waals surface area contributed by atoms with E-state index >= 15 is 0 Å². The molecule has 94 valence electrons. The zero-order valence-electron chi connectivity index (χ0n) is 9.49. The lowest BCUT2D eigenvalue weighted by atomic mass is 10.2. The van der Waals surface area contributed by atoms with Crippen LogP contribution in [-0.4, -0.2) is 48.8 Å². The van der Waals surface area contributed by atoms with Gasteiger partial charge in [0, 0.05) is 45.1 Å². The van der Waals surface area contributed by atoms with Crippen LogP contribution >= 0.6 is 0 Å². The number of pyridine rings is 1. The lowest BCUT2D eigenvalue weighted by molar-refractivity contribution is 0.181. The average Bonchev–Trinajstić information content (AvgIpc) is 2.30. The molecule has 0 unspecified atom stereocenters. The van der Waals surface area contributed by atoms with Crippen LogP contribution in [0.25, 0.3) is 0 Å². The van der Waals surface area contributed by atoms with Crippen LogP contribution in [0.4, 0.5) is 0 Å². The van der Waals surface area contributed by atoms with E-state index in [1.165, 1.54) is 4.31 Å². The lowest BCUT2D eigenvalue weighted by Gasteiger charge is -2.32. The van der Waals surface area contributed by atoms with E-state index in [2.05, 4.69) is 9.88 Å². The molecule has 0 aliphatic carbocycles. The van der Waals surface area contributed by atoms with Crippen molar-refractivity contribution in [2.45, 2.75) is 6.54 Å². The minimum Gasteiger partial charge on any atom is -0.296 e. The number of rotatable bonds is 3. The van der Waals surface area contributed by atoms with E-state index in [4.69, 9.17) is 5.14 Å². The van der Waals surface area contributed by atoms with Gasteiger partial charge in [-0.25, -0.2) is 5.14 Å². The fraction of sp³-hybridized carbons (Fsp3) is 0.500. The number of aromatic nitrogens is 1. The first-order chi connectivity index (χ1) is 8.05. The Morgan fingerprint density at radius 2 is 2.00 bits per heavy atom. The van der Waals surface area contributed by atoms with Crippen molar-refractivity contribution in [2.24, 2.45) is 5.14 Å². The van der Waals surface area contributed by atoms with Crippen LogP contribution in [0.3, 0.4) is 0 Å². The van der Waals surface area contributed by atoms with Crippen LogP contribution < -0.4 is 5.14 Å². The first-order valence-corrected chi connectivity index (χ1v) is 6.95. The Morgan fingerprint density at radius 3 is 2.53 bits per heavy atom. The predicted molar refractivity (Wildman–Crippen MR) is 64.2 cm³/mol. The van der Waals surface area contributed by atoms with E-state index in [1.54, 1.807) is 6.20 Å². The van der Waals surface area contributed by atoms with Gasteiger partial charge in [0.05, 0.1) is 0 Å². The van der Waals surface area contributed by atoms with Crippen molar-refractivity contribution in [3.63, 3.8) is 0 Å². The number of piperazine rings is 1. The molecular formula is C10H16N4O2S. The highest BCUT2D eigenvalue weighted by Gasteiger charge is 2.23. The summed E-state index contributed by atoms with van der Waals surface area (Å²) in [5.74, 6) is 0. The van der Waals surface area contributed by atoms with Gasteiger partial charge in [0.1, 0.15) is 0 Å². The van der Waals surface area contributed by atoms with Gasteiger partial charge < -0.3 is 0 Å². The van der Waals surface area contributed by atoms with E-state index in [0.717, 1.165) is 12.1 Å². The normalized spacial score (nSPS) is 19.4. The fourth-order valence-corrected chi connectivity index (χ4v) is 2.56. The minimum atomic E-state index is -3.53. The summed E-state index contributed by atoms with van der Waals surface area (Å²) in [6.45, 7) is 3.11. The standard InChI is InChI=1S/C10H16N4O2S/c11-17(15,16)14-6-4-13(5-7-14)9-10-2-1-3-12-8-10/h1-3,8H,4-7,9H2,(H2,11,15,16). The van der Waals surface area contributed by atoms with Crippen LogP contribution in [0.15, 0.2) is 24.5 Å². The van der Waals surface area contributed by atoms with E-state index in [0.29, 0.717) is 26.2 Å². The second-order valence-corrected chi connectivity index (χ2v) is 5.63. The molecule has 0 aromatic carbocycles. The molecule has 1 fully saturated rings. The summed E-state index contributed by atoms with van der Waals surface area (Å²) in [5, 5.41) is 5.08. The van der Waals surface area contributed by atoms with Crippen LogP contribution in [0, 0.1) is 0 Å². The Kier molecular flexibility index (Phi) is 3.72. The van der Waals surface area contributed by atoms with Crippen molar-refractivity contribution in [3.8, 4) is 0 Å². The van der Waals surface area contributed by atoms with E-state index in [1.807, 2.05) is 18.3 Å². The highest BCUT2D eigenvalue weighted by Crippen LogP contribution is 2.08. The van der Waals surface area contributed by atoms with E-state index in [9.17, 15) is 8.42 Å². The number of nitrogens with two attached hydrogens (primary N) is 1. The van der Waals surface area contributed by atoms with Crippen LogP contribution in [0.2, 0.25) is 0 Å². The molecule has 0 amide bonds. The summed E-state index contributed by atoms with van der Waals surface area (Å²) in [6, 6.07) is 3.91. The number of nitrogens with zero attached hydrogens (tertiary/aromatic N) is 3. The molecule has 0 radical (unpaired) electrons. The summed E-state index contributed by atoms with van der Waals surface area (Å²) in [4.78, 5) is 6.24. The van der Waals surface area contributed by atoms with Gasteiger partial charge in [0.15, 0.2) is 0 Å². The van der Waals surface area contributed by atoms with Crippen molar-refractivity contribution in [3.05, 3.63) is 30.1 Å². The largest absolute Gasteiger partial charge is 0.296 e. The van der Waals surface area contributed by atoms with Crippen molar-refractivity contribution in [2.75, 3.05) is 26.2 Å². The molecule has 2 rings (SSSR count). The van der Waals surface area contributed by atoms with Crippen molar-refractivity contribution < 1.29 is 8.42 Å². The molecule has 7 heteroatoms. The molecule has 1 aliphatic heterocycles. The van der Waals surface area contributed by atoms with Crippen LogP contribution in [0.1, 0.15) is 5.56 Å². The predicted octanol–water partition coefficient (Wildman–Crippen LogP) is -0.597. The smallest absolute Gasteiger partial charge is 0.276 e. The Balaban J connectivity index is 1.88. The van der Waals surface area contributed by atoms with Gasteiger partial charge in [-0.15, -0.1) is 0 Å². The maximum absolute atomic E-state index is 11.1. The Morgan fingerprint density at radius 1 is 1.29 bits per heavy atom. The van der Waals surface area contributed by atoms with Gasteiger partial charge in [-0.1, -0.05) is 6.07 Å². The molecule has 6 nitrogen and oxygen atoms in total. The Labute approximate surface area is 101 Å². The third-order valence-corrected chi connectivity index (χ3v) is 3.91. The molecular weight excluding hydrogens is 240 g/mol. The molecule has 17 heavy (non-hydrogen) atoms. The zero-order chi connectivity index (χ0) is 12.3. The highest BCUT2D eigenvalue weighted by molar-refractivity contribution is 7.86. The van der Waals surface area contributed by atoms with Gasteiger partial charge in [-0.3, -0.25) is 9.88 Å². The first kappa shape index (κ1) is 12.4. The zero-order valence-corrected chi connectivity index (χ0v) is 10.3. The summed E-state index contributed by atoms with van der Waals surface area (Å²) < 4.78 is 23.6. The molecule has 0 spiro atoms. The van der Waals surface area contributed by atoms with Gasteiger partial charge in [0.25, 0.3) is 10.2 Å². The second-order valence-electron chi connectivity index (χ2n) is 4.08. The third-order valence-electron chi connectivity index (χ3n) is 2.82. The summed E-state index contributed by atoms with van der Waals surface area (Å²) in [7, 11) is -3.53. The van der Waals surface area contributed by atoms with Gasteiger partial charge in [0.2, 0.25) is 0 Å². The molecule has 0 saturated carbocycles. The fourth-order valence-electron chi connectivity index (χ4n) is 1.89. The van der Waals surface area contributed by atoms with Crippen molar-refractivity contribution in [1.82, 2.24) is 14.2 Å². The number of hydrogen-bond acceptors (Lipinski definition) is 4. The maximum Gasteiger partial charge on any atom is 0.276 e. The van der Waals surface area contributed by atoms with Crippen LogP contribution in [-0.2, 0) is 16.8 Å². The summed E-state index contributed by atoms with van der Waals surface area (Å²) >= 11 is 0. The second kappa shape index (κ2) is 5.09. The molecule has 1 aliphatic rings. The summed E-state index contributed by atoms with van der Waals surface area (Å²) in [5.41, 5.74) is 1.14. The Hall–Kier alpha value is -1.02. The molecule has 0 atom stereocenters. The van der Waals surface area contributed by atoms with E-state index < -0.39 is 10.2 Å². The van der Waals surface area contributed by atoms with Crippen molar-refractivity contribution >= 4 is 10.2 Å². The maximum atomic E-state index is 11.1. The van der Waals surface area contributed by atoms with E-state index in [-0.39, 0.29) is 0 Å². The molecule has 2 heterocycles. The quantitative estimate of drug-likeness (QED) is 0.783. The highest BCUT2D eigenvalue weighted by atomic mass is 32.2. The molecule has 1 aromatic rings. The lowest BCUT2D eigenvalue weighted by Crippen LogP contribution is -2.50. The molecule has 2 N–H and O–H groups in total. The third kappa shape index (κ3) is 3.47. The van der Waals surface area contributed by atoms with Gasteiger partial charge >= 0.3 is 0 Å². The first-order valence-electron chi connectivity index (χ1n) is 5.45.